The first-order chi connectivity index (χ1) is 9.61. The maximum absolute atomic E-state index is 12.3. The molecule has 2 aromatic rings. The van der Waals surface area contributed by atoms with Gasteiger partial charge in [0.2, 0.25) is 0 Å². The minimum absolute atomic E-state index is 0.0624. The first kappa shape index (κ1) is 14.3. The number of amides is 1. The molecule has 0 atom stereocenters. The van der Waals surface area contributed by atoms with Crippen LogP contribution in [0.15, 0.2) is 42.5 Å². The summed E-state index contributed by atoms with van der Waals surface area (Å²) >= 11 is 0. The summed E-state index contributed by atoms with van der Waals surface area (Å²) in [5.74, 6) is -0.0624. The summed E-state index contributed by atoms with van der Waals surface area (Å²) in [6.07, 6.45) is 0. The van der Waals surface area contributed by atoms with Gasteiger partial charge in [0.15, 0.2) is 0 Å². The Morgan fingerprint density at radius 1 is 1.05 bits per heavy atom. The van der Waals surface area contributed by atoms with Gasteiger partial charge in [0, 0.05) is 17.8 Å². The molecule has 3 heteroatoms. The third-order valence-electron chi connectivity index (χ3n) is 3.44. The maximum atomic E-state index is 12.3. The normalized spacial score (nSPS) is 10.3. The topological polar surface area (TPSA) is 41.1 Å². The Kier molecular flexibility index (Phi) is 4.53. The second kappa shape index (κ2) is 6.35. The van der Waals surface area contributed by atoms with Crippen molar-refractivity contribution < 1.29 is 4.79 Å². The van der Waals surface area contributed by atoms with Crippen LogP contribution in [0.3, 0.4) is 0 Å². The van der Waals surface area contributed by atoms with Crippen molar-refractivity contribution in [2.45, 2.75) is 20.4 Å². The summed E-state index contributed by atoms with van der Waals surface area (Å²) in [6, 6.07) is 13.6. The highest BCUT2D eigenvalue weighted by molar-refractivity contribution is 6.05. The predicted molar refractivity (Wildman–Crippen MR) is 83.1 cm³/mol. The monoisotopic (exact) mass is 268 g/mol. The van der Waals surface area contributed by atoms with Crippen LogP contribution in [0.1, 0.15) is 27.0 Å². The van der Waals surface area contributed by atoms with Crippen molar-refractivity contribution in [3.8, 4) is 0 Å². The van der Waals surface area contributed by atoms with Crippen LogP contribution in [-0.2, 0) is 6.54 Å². The zero-order valence-electron chi connectivity index (χ0n) is 12.2. The van der Waals surface area contributed by atoms with E-state index in [1.807, 2.05) is 63.4 Å². The lowest BCUT2D eigenvalue weighted by Crippen LogP contribution is -2.14. The van der Waals surface area contributed by atoms with Crippen molar-refractivity contribution in [1.29, 1.82) is 0 Å². The molecule has 2 rings (SSSR count). The zero-order chi connectivity index (χ0) is 14.5. The summed E-state index contributed by atoms with van der Waals surface area (Å²) < 4.78 is 0. The molecule has 0 aliphatic carbocycles. The molecule has 3 nitrogen and oxygen atoms in total. The van der Waals surface area contributed by atoms with Crippen LogP contribution in [0.5, 0.6) is 0 Å². The molecule has 0 spiro atoms. The zero-order valence-corrected chi connectivity index (χ0v) is 12.2. The van der Waals surface area contributed by atoms with Gasteiger partial charge in [0.25, 0.3) is 5.91 Å². The Morgan fingerprint density at radius 3 is 2.40 bits per heavy atom. The van der Waals surface area contributed by atoms with E-state index in [0.29, 0.717) is 0 Å². The molecule has 1 amide bonds. The second-order valence-electron chi connectivity index (χ2n) is 4.93. The molecule has 0 aromatic heterocycles. The molecule has 0 saturated heterocycles. The van der Waals surface area contributed by atoms with Crippen LogP contribution >= 0.6 is 0 Å². The third-order valence-corrected chi connectivity index (χ3v) is 3.44. The van der Waals surface area contributed by atoms with Gasteiger partial charge in [0.1, 0.15) is 0 Å². The number of aryl methyl sites for hydroxylation is 1. The number of hydrogen-bond acceptors (Lipinski definition) is 2. The van der Waals surface area contributed by atoms with Crippen LogP contribution < -0.4 is 10.6 Å². The van der Waals surface area contributed by atoms with E-state index < -0.39 is 0 Å². The molecule has 0 bridgehead atoms. The lowest BCUT2D eigenvalue weighted by molar-refractivity contribution is 0.102. The first-order valence-corrected chi connectivity index (χ1v) is 6.73. The van der Waals surface area contributed by atoms with Crippen molar-refractivity contribution in [3.63, 3.8) is 0 Å². The van der Waals surface area contributed by atoms with Crippen molar-refractivity contribution in [3.05, 3.63) is 64.7 Å². The van der Waals surface area contributed by atoms with Gasteiger partial charge in [-0.1, -0.05) is 24.3 Å². The molecule has 2 aromatic carbocycles. The molecule has 0 heterocycles. The maximum Gasteiger partial charge on any atom is 0.255 e. The van der Waals surface area contributed by atoms with E-state index in [9.17, 15) is 4.79 Å². The van der Waals surface area contributed by atoms with Gasteiger partial charge in [-0.2, -0.15) is 0 Å². The Morgan fingerprint density at radius 2 is 1.75 bits per heavy atom. The summed E-state index contributed by atoms with van der Waals surface area (Å²) in [7, 11) is 1.91. The quantitative estimate of drug-likeness (QED) is 0.893. The fraction of sp³-hybridized carbons (Fsp3) is 0.235. The molecule has 0 fully saturated rings. The van der Waals surface area contributed by atoms with E-state index in [1.165, 1.54) is 5.56 Å². The van der Waals surface area contributed by atoms with Crippen molar-refractivity contribution in [1.82, 2.24) is 5.32 Å². The molecule has 0 aliphatic rings. The number of anilines is 1. The van der Waals surface area contributed by atoms with Gasteiger partial charge in [-0.3, -0.25) is 4.79 Å². The second-order valence-corrected chi connectivity index (χ2v) is 4.93. The number of hydrogen-bond donors (Lipinski definition) is 2. The minimum Gasteiger partial charge on any atom is -0.322 e. The highest BCUT2D eigenvalue weighted by atomic mass is 16.1. The van der Waals surface area contributed by atoms with E-state index in [-0.39, 0.29) is 5.91 Å². The van der Waals surface area contributed by atoms with Crippen molar-refractivity contribution in [2.24, 2.45) is 0 Å². The van der Waals surface area contributed by atoms with Gasteiger partial charge < -0.3 is 10.6 Å². The van der Waals surface area contributed by atoms with E-state index in [4.69, 9.17) is 0 Å². The van der Waals surface area contributed by atoms with Gasteiger partial charge in [0.05, 0.1) is 0 Å². The number of nitrogens with one attached hydrogen (secondary N) is 2. The highest BCUT2D eigenvalue weighted by Gasteiger charge is 2.10. The molecule has 0 radical (unpaired) electrons. The Balaban J connectivity index is 2.13. The number of carbonyl (C=O) groups is 1. The van der Waals surface area contributed by atoms with Crippen LogP contribution in [0.4, 0.5) is 5.69 Å². The van der Waals surface area contributed by atoms with Gasteiger partial charge in [-0.05, 0) is 55.8 Å². The van der Waals surface area contributed by atoms with E-state index in [0.717, 1.165) is 28.9 Å². The fourth-order valence-corrected chi connectivity index (χ4v) is 2.11. The molecular weight excluding hydrogens is 248 g/mol. The van der Waals surface area contributed by atoms with Crippen molar-refractivity contribution >= 4 is 11.6 Å². The SMILES string of the molecule is CNCc1ccc(NC(=O)c2cccc(C)c2C)cc1. The highest BCUT2D eigenvalue weighted by Crippen LogP contribution is 2.16. The van der Waals surface area contributed by atoms with E-state index in [2.05, 4.69) is 10.6 Å². The van der Waals surface area contributed by atoms with Gasteiger partial charge in [-0.15, -0.1) is 0 Å². The lowest BCUT2D eigenvalue weighted by atomic mass is 10.0. The number of benzene rings is 2. The standard InChI is InChI=1S/C17H20N2O/c1-12-5-4-6-16(13(12)2)17(20)19-15-9-7-14(8-10-15)11-18-3/h4-10,18H,11H2,1-3H3,(H,19,20). The average Bonchev–Trinajstić information content (AvgIpc) is 2.44. The minimum atomic E-state index is -0.0624. The Hall–Kier alpha value is -2.13. The number of rotatable bonds is 4. The lowest BCUT2D eigenvalue weighted by Gasteiger charge is -2.10. The molecule has 0 saturated carbocycles. The molecule has 20 heavy (non-hydrogen) atoms. The Bertz CT molecular complexity index is 603. The average molecular weight is 268 g/mol. The van der Waals surface area contributed by atoms with Crippen LogP contribution in [0.25, 0.3) is 0 Å². The smallest absolute Gasteiger partial charge is 0.255 e. The predicted octanol–water partition coefficient (Wildman–Crippen LogP) is 3.28. The van der Waals surface area contributed by atoms with Crippen molar-refractivity contribution in [2.75, 3.05) is 12.4 Å². The van der Waals surface area contributed by atoms with Crippen LogP contribution in [0, 0.1) is 13.8 Å². The Labute approximate surface area is 120 Å². The summed E-state index contributed by atoms with van der Waals surface area (Å²) in [5.41, 5.74) is 4.89. The first-order valence-electron chi connectivity index (χ1n) is 6.73. The molecule has 104 valence electrons. The van der Waals surface area contributed by atoms with Crippen LogP contribution in [-0.4, -0.2) is 13.0 Å². The fourth-order valence-electron chi connectivity index (χ4n) is 2.11. The summed E-state index contributed by atoms with van der Waals surface area (Å²) in [5, 5.41) is 6.03. The van der Waals surface area contributed by atoms with Gasteiger partial charge in [-0.25, -0.2) is 0 Å². The summed E-state index contributed by atoms with van der Waals surface area (Å²) in [4.78, 5) is 12.3. The number of carbonyl (C=O) groups excluding carboxylic acids is 1. The molecule has 0 aliphatic heterocycles. The van der Waals surface area contributed by atoms with Crippen LogP contribution in [0.2, 0.25) is 0 Å². The van der Waals surface area contributed by atoms with E-state index >= 15 is 0 Å². The molecule has 0 unspecified atom stereocenters. The molecule has 2 N–H and O–H groups in total. The largest absolute Gasteiger partial charge is 0.322 e. The van der Waals surface area contributed by atoms with E-state index in [1.54, 1.807) is 0 Å². The third kappa shape index (κ3) is 3.25. The summed E-state index contributed by atoms with van der Waals surface area (Å²) in [6.45, 7) is 4.81. The van der Waals surface area contributed by atoms with Gasteiger partial charge >= 0.3 is 0 Å². The molecular formula is C17H20N2O.